The van der Waals surface area contributed by atoms with E-state index in [4.69, 9.17) is 0 Å². The van der Waals surface area contributed by atoms with E-state index >= 15 is 0 Å². The largest absolute Gasteiger partial charge is 0.313 e. The highest BCUT2D eigenvalue weighted by Gasteiger charge is 2.16. The predicted octanol–water partition coefficient (Wildman–Crippen LogP) is 4.81. The molecule has 0 radical (unpaired) electrons. The van der Waals surface area contributed by atoms with Gasteiger partial charge in [0.15, 0.2) is 0 Å². The molecule has 20 heavy (non-hydrogen) atoms. The van der Waals surface area contributed by atoms with Crippen LogP contribution in [0.15, 0.2) is 34.8 Å². The first kappa shape index (κ1) is 15.1. The van der Waals surface area contributed by atoms with E-state index in [1.165, 1.54) is 12.1 Å². The summed E-state index contributed by atoms with van der Waals surface area (Å²) in [4.78, 5) is 0. The van der Waals surface area contributed by atoms with E-state index in [2.05, 4.69) is 21.2 Å². The van der Waals surface area contributed by atoms with E-state index in [1.54, 1.807) is 6.07 Å². The van der Waals surface area contributed by atoms with Crippen LogP contribution in [0.4, 0.5) is 8.78 Å². The van der Waals surface area contributed by atoms with Crippen LogP contribution in [0.1, 0.15) is 18.1 Å². The summed E-state index contributed by atoms with van der Waals surface area (Å²) in [5, 5.41) is 3.23. The van der Waals surface area contributed by atoms with Gasteiger partial charge in [0, 0.05) is 6.54 Å². The van der Waals surface area contributed by atoms with Crippen molar-refractivity contribution in [3.63, 3.8) is 0 Å². The van der Waals surface area contributed by atoms with Crippen LogP contribution in [-0.4, -0.2) is 6.54 Å². The summed E-state index contributed by atoms with van der Waals surface area (Å²) in [6.07, 6.45) is 0. The second-order valence-electron chi connectivity index (χ2n) is 4.65. The fourth-order valence-electron chi connectivity index (χ4n) is 2.16. The summed E-state index contributed by atoms with van der Waals surface area (Å²) in [5.74, 6) is -1.11. The Hall–Kier alpha value is -1.26. The molecule has 2 aromatic rings. The van der Waals surface area contributed by atoms with Gasteiger partial charge in [-0.1, -0.05) is 25.1 Å². The Bertz CT molecular complexity index is 626. The molecule has 0 saturated carbocycles. The number of nitrogens with one attached hydrogen (secondary N) is 1. The van der Waals surface area contributed by atoms with Gasteiger partial charge in [0.1, 0.15) is 11.6 Å². The van der Waals surface area contributed by atoms with Gasteiger partial charge in [0.2, 0.25) is 0 Å². The molecular weight excluding hydrogens is 324 g/mol. The van der Waals surface area contributed by atoms with Gasteiger partial charge in [-0.25, -0.2) is 8.78 Å². The van der Waals surface area contributed by atoms with Crippen LogP contribution >= 0.6 is 15.9 Å². The van der Waals surface area contributed by atoms with Crippen molar-refractivity contribution in [3.8, 4) is 11.1 Å². The van der Waals surface area contributed by atoms with E-state index in [0.717, 1.165) is 24.2 Å². The maximum Gasteiger partial charge on any atom is 0.148 e. The standard InChI is InChI=1S/C16H16BrF2N/c1-3-20-9-11-4-5-12(10(2)8-11)15-14(18)7-6-13(17)16(15)19/h4-8,20H,3,9H2,1-2H3. The van der Waals surface area contributed by atoms with Crippen LogP contribution in [0.5, 0.6) is 0 Å². The first-order valence-corrected chi connectivity index (χ1v) is 7.28. The van der Waals surface area contributed by atoms with Crippen LogP contribution in [0.25, 0.3) is 11.1 Å². The number of hydrogen-bond donors (Lipinski definition) is 1. The normalized spacial score (nSPS) is 10.8. The van der Waals surface area contributed by atoms with E-state index in [9.17, 15) is 8.78 Å². The summed E-state index contributed by atoms with van der Waals surface area (Å²) in [7, 11) is 0. The monoisotopic (exact) mass is 339 g/mol. The Morgan fingerprint density at radius 1 is 1.15 bits per heavy atom. The lowest BCUT2D eigenvalue weighted by molar-refractivity contribution is 0.585. The highest BCUT2D eigenvalue weighted by Crippen LogP contribution is 2.32. The molecule has 0 bridgehead atoms. The number of hydrogen-bond acceptors (Lipinski definition) is 1. The molecule has 1 nitrogen and oxygen atoms in total. The smallest absolute Gasteiger partial charge is 0.148 e. The molecule has 0 heterocycles. The number of aryl methyl sites for hydroxylation is 1. The van der Waals surface area contributed by atoms with Gasteiger partial charge >= 0.3 is 0 Å². The Balaban J connectivity index is 2.46. The molecule has 2 aromatic carbocycles. The molecule has 0 fully saturated rings. The van der Waals surface area contributed by atoms with Crippen molar-refractivity contribution < 1.29 is 8.78 Å². The third-order valence-electron chi connectivity index (χ3n) is 3.18. The highest BCUT2D eigenvalue weighted by molar-refractivity contribution is 9.10. The fourth-order valence-corrected chi connectivity index (χ4v) is 2.49. The van der Waals surface area contributed by atoms with Crippen molar-refractivity contribution in [3.05, 3.63) is 57.6 Å². The summed E-state index contributed by atoms with van der Waals surface area (Å²) < 4.78 is 28.3. The molecule has 4 heteroatoms. The summed E-state index contributed by atoms with van der Waals surface area (Å²) in [5.41, 5.74) is 2.56. The Morgan fingerprint density at radius 3 is 2.55 bits per heavy atom. The summed E-state index contributed by atoms with van der Waals surface area (Å²) in [6.45, 7) is 5.54. The van der Waals surface area contributed by atoms with Crippen LogP contribution in [0, 0.1) is 18.6 Å². The van der Waals surface area contributed by atoms with E-state index in [1.807, 2.05) is 26.0 Å². The minimum absolute atomic E-state index is 0.0203. The minimum atomic E-state index is -0.562. The van der Waals surface area contributed by atoms with Crippen LogP contribution in [0.2, 0.25) is 0 Å². The zero-order valence-electron chi connectivity index (χ0n) is 11.4. The van der Waals surface area contributed by atoms with Gasteiger partial charge in [-0.05, 0) is 58.2 Å². The number of benzene rings is 2. The molecule has 0 atom stereocenters. The second kappa shape index (κ2) is 6.46. The third kappa shape index (κ3) is 3.07. The average Bonchev–Trinajstić information content (AvgIpc) is 2.43. The molecule has 0 amide bonds. The molecule has 0 aliphatic carbocycles. The van der Waals surface area contributed by atoms with Crippen molar-refractivity contribution in [1.82, 2.24) is 5.32 Å². The number of halogens is 3. The second-order valence-corrected chi connectivity index (χ2v) is 5.50. The number of rotatable bonds is 4. The quantitative estimate of drug-likeness (QED) is 0.788. The molecule has 1 N–H and O–H groups in total. The lowest BCUT2D eigenvalue weighted by Gasteiger charge is -2.12. The molecular formula is C16H16BrF2N. The van der Waals surface area contributed by atoms with Crippen molar-refractivity contribution in [2.45, 2.75) is 20.4 Å². The Kier molecular flexibility index (Phi) is 4.89. The molecule has 2 rings (SSSR count). The fraction of sp³-hybridized carbons (Fsp3) is 0.250. The van der Waals surface area contributed by atoms with E-state index < -0.39 is 11.6 Å². The minimum Gasteiger partial charge on any atom is -0.313 e. The van der Waals surface area contributed by atoms with E-state index in [0.29, 0.717) is 5.56 Å². The maximum absolute atomic E-state index is 14.1. The first-order valence-electron chi connectivity index (χ1n) is 6.48. The van der Waals surface area contributed by atoms with Crippen LogP contribution in [0.3, 0.4) is 0 Å². The zero-order chi connectivity index (χ0) is 14.7. The molecule has 0 unspecified atom stereocenters. The van der Waals surface area contributed by atoms with Gasteiger partial charge < -0.3 is 5.32 Å². The molecule has 0 spiro atoms. The first-order chi connectivity index (χ1) is 9.54. The van der Waals surface area contributed by atoms with Gasteiger partial charge in [0.05, 0.1) is 10.0 Å². The Morgan fingerprint density at radius 2 is 1.90 bits per heavy atom. The predicted molar refractivity (Wildman–Crippen MR) is 81.6 cm³/mol. The summed E-state index contributed by atoms with van der Waals surface area (Å²) in [6, 6.07) is 8.27. The van der Waals surface area contributed by atoms with Gasteiger partial charge in [-0.3, -0.25) is 0 Å². The SMILES string of the molecule is CCNCc1ccc(-c2c(F)ccc(Br)c2F)c(C)c1. The van der Waals surface area contributed by atoms with Crippen LogP contribution < -0.4 is 5.32 Å². The molecule has 0 saturated heterocycles. The van der Waals surface area contributed by atoms with Crippen molar-refractivity contribution in [2.75, 3.05) is 6.54 Å². The topological polar surface area (TPSA) is 12.0 Å². The van der Waals surface area contributed by atoms with Gasteiger partial charge in [-0.15, -0.1) is 0 Å². The van der Waals surface area contributed by atoms with Gasteiger partial charge in [0.25, 0.3) is 0 Å². The van der Waals surface area contributed by atoms with Crippen LogP contribution in [-0.2, 0) is 6.54 Å². The third-order valence-corrected chi connectivity index (χ3v) is 3.80. The van der Waals surface area contributed by atoms with Gasteiger partial charge in [-0.2, -0.15) is 0 Å². The molecule has 106 valence electrons. The lowest BCUT2D eigenvalue weighted by atomic mass is 9.97. The maximum atomic E-state index is 14.1. The molecule has 0 aliphatic heterocycles. The summed E-state index contributed by atoms with van der Waals surface area (Å²) >= 11 is 3.10. The molecule has 0 aliphatic rings. The van der Waals surface area contributed by atoms with Crippen molar-refractivity contribution >= 4 is 15.9 Å². The highest BCUT2D eigenvalue weighted by atomic mass is 79.9. The lowest BCUT2D eigenvalue weighted by Crippen LogP contribution is -2.11. The van der Waals surface area contributed by atoms with Crippen molar-refractivity contribution in [1.29, 1.82) is 0 Å². The van der Waals surface area contributed by atoms with Crippen molar-refractivity contribution in [2.24, 2.45) is 0 Å². The zero-order valence-corrected chi connectivity index (χ0v) is 13.0. The van der Waals surface area contributed by atoms with E-state index in [-0.39, 0.29) is 10.0 Å². The molecule has 0 aromatic heterocycles. The Labute approximate surface area is 126 Å². The average molecular weight is 340 g/mol.